The van der Waals surface area contributed by atoms with Crippen molar-refractivity contribution in [1.29, 1.82) is 0 Å². The van der Waals surface area contributed by atoms with Crippen molar-refractivity contribution in [2.45, 2.75) is 39.5 Å². The fraction of sp³-hybridized carbons (Fsp3) is 0.400. The fourth-order valence-corrected chi connectivity index (χ4v) is 2.08. The van der Waals surface area contributed by atoms with E-state index in [1.807, 2.05) is 63.6 Å². The quantitative estimate of drug-likeness (QED) is 0.701. The summed E-state index contributed by atoms with van der Waals surface area (Å²) in [5.41, 5.74) is 1.88. The first kappa shape index (κ1) is 19.8. The number of benzene rings is 1. The summed E-state index contributed by atoms with van der Waals surface area (Å²) in [4.78, 5) is 5.06. The summed E-state index contributed by atoms with van der Waals surface area (Å²) in [7, 11) is 1.62. The Morgan fingerprint density at radius 2 is 1.86 bits per heavy atom. The van der Waals surface area contributed by atoms with Crippen molar-refractivity contribution in [3.05, 3.63) is 36.4 Å². The van der Waals surface area contributed by atoms with Crippen LogP contribution in [0.3, 0.4) is 0 Å². The number of methoxy groups -OCH3 is 1. The first-order valence-electron chi connectivity index (χ1n) is 6.89. The largest absolute Gasteiger partial charge is 0.495 e. The standard InChI is InChI=1S/C11H11ClN2O2S.2C2H6/c1-8-6-14(7-13-8)10-4-3-9(17-16-12)5-11(10)15-2;2*1-2/h3-7H,1-2H3;2*1-2H3. The number of hydrogen-bond acceptors (Lipinski definition) is 4. The molecule has 0 fully saturated rings. The average Bonchev–Trinajstić information content (AvgIpc) is 2.98. The van der Waals surface area contributed by atoms with Gasteiger partial charge in [0.2, 0.25) is 0 Å². The summed E-state index contributed by atoms with van der Waals surface area (Å²) < 4.78 is 11.7. The smallest absolute Gasteiger partial charge is 0.144 e. The summed E-state index contributed by atoms with van der Waals surface area (Å²) >= 11 is 6.27. The highest BCUT2D eigenvalue weighted by Crippen LogP contribution is 2.30. The second-order valence-corrected chi connectivity index (χ2v) is 4.54. The second kappa shape index (κ2) is 11.5. The summed E-state index contributed by atoms with van der Waals surface area (Å²) in [6.07, 6.45) is 3.68. The molecule has 0 atom stereocenters. The molecule has 1 heterocycles. The van der Waals surface area contributed by atoms with Gasteiger partial charge in [0, 0.05) is 11.1 Å². The number of hydrogen-bond donors (Lipinski definition) is 0. The third-order valence-electron chi connectivity index (χ3n) is 2.27. The van der Waals surface area contributed by atoms with Gasteiger partial charge in [0.05, 0.1) is 48.7 Å². The number of aromatic nitrogens is 2. The zero-order valence-corrected chi connectivity index (χ0v) is 15.0. The molecule has 0 aliphatic rings. The third-order valence-corrected chi connectivity index (χ3v) is 2.97. The monoisotopic (exact) mass is 330 g/mol. The molecular weight excluding hydrogens is 308 g/mol. The van der Waals surface area contributed by atoms with Crippen LogP contribution >= 0.6 is 23.9 Å². The van der Waals surface area contributed by atoms with Gasteiger partial charge in [-0.1, -0.05) is 27.7 Å². The molecule has 0 amide bonds. The van der Waals surface area contributed by atoms with Gasteiger partial charge in [-0.25, -0.2) is 8.72 Å². The predicted molar refractivity (Wildman–Crippen MR) is 90.3 cm³/mol. The molecule has 2 aromatic rings. The normalized spacial score (nSPS) is 9.10. The van der Waals surface area contributed by atoms with Crippen LogP contribution in [0.5, 0.6) is 5.75 Å². The van der Waals surface area contributed by atoms with Crippen LogP contribution in [-0.2, 0) is 3.74 Å². The van der Waals surface area contributed by atoms with E-state index in [9.17, 15) is 0 Å². The van der Waals surface area contributed by atoms with E-state index >= 15 is 0 Å². The summed E-state index contributed by atoms with van der Waals surface area (Å²) in [6, 6.07) is 5.69. The molecule has 0 N–H and O–H groups in total. The van der Waals surface area contributed by atoms with Crippen LogP contribution < -0.4 is 4.74 Å². The van der Waals surface area contributed by atoms with Crippen LogP contribution in [0.25, 0.3) is 5.69 Å². The van der Waals surface area contributed by atoms with Gasteiger partial charge in [0.1, 0.15) is 5.75 Å². The zero-order valence-electron chi connectivity index (χ0n) is 13.4. The lowest BCUT2D eigenvalue weighted by Gasteiger charge is -2.09. The molecule has 6 heteroatoms. The van der Waals surface area contributed by atoms with E-state index in [1.165, 1.54) is 0 Å². The SMILES string of the molecule is CC.CC.COc1cc(SOCl)ccc1-n1cnc(C)c1. The Morgan fingerprint density at radius 1 is 1.19 bits per heavy atom. The Morgan fingerprint density at radius 3 is 2.33 bits per heavy atom. The van der Waals surface area contributed by atoms with E-state index in [1.54, 1.807) is 13.4 Å². The topological polar surface area (TPSA) is 36.3 Å². The van der Waals surface area contributed by atoms with Crippen LogP contribution in [0, 0.1) is 6.92 Å². The van der Waals surface area contributed by atoms with Gasteiger partial charge in [0.15, 0.2) is 0 Å². The Bertz CT molecular complexity index is 518. The Labute approximate surface area is 136 Å². The van der Waals surface area contributed by atoms with E-state index in [0.717, 1.165) is 34.1 Å². The van der Waals surface area contributed by atoms with Gasteiger partial charge in [-0.3, -0.25) is 0 Å². The number of aryl methyl sites for hydroxylation is 1. The van der Waals surface area contributed by atoms with Crippen molar-refractivity contribution < 1.29 is 8.47 Å². The molecule has 118 valence electrons. The summed E-state index contributed by atoms with van der Waals surface area (Å²) in [5, 5.41) is 0. The number of nitrogens with zero attached hydrogens (tertiary/aromatic N) is 2. The van der Waals surface area contributed by atoms with E-state index in [4.69, 9.17) is 16.6 Å². The highest BCUT2D eigenvalue weighted by atomic mass is 35.5. The number of ether oxygens (including phenoxy) is 1. The molecule has 0 aliphatic heterocycles. The molecule has 1 aromatic heterocycles. The first-order valence-corrected chi connectivity index (χ1v) is 7.94. The van der Waals surface area contributed by atoms with Crippen LogP contribution in [0.4, 0.5) is 0 Å². The molecule has 4 nitrogen and oxygen atoms in total. The molecule has 1 aromatic carbocycles. The van der Waals surface area contributed by atoms with Crippen LogP contribution in [0.2, 0.25) is 0 Å². The highest BCUT2D eigenvalue weighted by molar-refractivity contribution is 7.95. The first-order chi connectivity index (χ1) is 10.2. The fourth-order valence-electron chi connectivity index (χ4n) is 1.51. The van der Waals surface area contributed by atoms with Crippen molar-refractivity contribution in [3.63, 3.8) is 0 Å². The molecule has 0 saturated carbocycles. The predicted octanol–water partition coefficient (Wildman–Crippen LogP) is 5.42. The number of imidazole rings is 1. The van der Waals surface area contributed by atoms with Gasteiger partial charge in [-0.2, -0.15) is 0 Å². The average molecular weight is 331 g/mol. The van der Waals surface area contributed by atoms with E-state index in [2.05, 4.69) is 8.72 Å². The minimum atomic E-state index is 0.737. The molecule has 0 radical (unpaired) electrons. The Balaban J connectivity index is 0.000000921. The number of rotatable bonds is 4. The van der Waals surface area contributed by atoms with Crippen molar-refractivity contribution in [2.24, 2.45) is 0 Å². The molecule has 0 saturated heterocycles. The van der Waals surface area contributed by atoms with E-state index in [0.29, 0.717) is 0 Å². The van der Waals surface area contributed by atoms with Crippen LogP contribution in [0.15, 0.2) is 35.6 Å². The highest BCUT2D eigenvalue weighted by Gasteiger charge is 2.07. The van der Waals surface area contributed by atoms with Crippen molar-refractivity contribution >= 4 is 23.9 Å². The molecule has 0 unspecified atom stereocenters. The van der Waals surface area contributed by atoms with E-state index < -0.39 is 0 Å². The summed E-state index contributed by atoms with van der Waals surface area (Å²) in [5.74, 6) is 0.737. The molecule has 0 aliphatic carbocycles. The maximum absolute atomic E-state index is 5.34. The Hall–Kier alpha value is -1.17. The molecule has 0 bridgehead atoms. The van der Waals surface area contributed by atoms with Gasteiger partial charge < -0.3 is 9.30 Å². The minimum Gasteiger partial charge on any atom is -0.495 e. The maximum atomic E-state index is 5.34. The zero-order chi connectivity index (χ0) is 16.3. The van der Waals surface area contributed by atoms with Gasteiger partial charge in [0.25, 0.3) is 0 Å². The minimum absolute atomic E-state index is 0.737. The second-order valence-electron chi connectivity index (χ2n) is 3.40. The molecular formula is C15H23ClN2O2S. The van der Waals surface area contributed by atoms with Crippen molar-refractivity contribution in [3.8, 4) is 11.4 Å². The molecule has 21 heavy (non-hydrogen) atoms. The van der Waals surface area contributed by atoms with Crippen LogP contribution in [-0.4, -0.2) is 16.7 Å². The van der Waals surface area contributed by atoms with Gasteiger partial charge in [-0.15, -0.1) is 0 Å². The lowest BCUT2D eigenvalue weighted by atomic mass is 10.3. The number of halogens is 1. The Kier molecular flexibility index (Phi) is 10.8. The summed E-state index contributed by atoms with van der Waals surface area (Å²) in [6.45, 7) is 9.94. The van der Waals surface area contributed by atoms with Crippen molar-refractivity contribution in [1.82, 2.24) is 9.55 Å². The lowest BCUT2D eigenvalue weighted by Crippen LogP contribution is -1.95. The van der Waals surface area contributed by atoms with Crippen molar-refractivity contribution in [2.75, 3.05) is 7.11 Å². The van der Waals surface area contributed by atoms with Gasteiger partial charge >= 0.3 is 0 Å². The third kappa shape index (κ3) is 5.99. The van der Waals surface area contributed by atoms with Gasteiger partial charge in [-0.05, 0) is 25.1 Å². The lowest BCUT2D eigenvalue weighted by molar-refractivity contribution is 0.411. The maximum Gasteiger partial charge on any atom is 0.144 e. The van der Waals surface area contributed by atoms with Crippen LogP contribution in [0.1, 0.15) is 33.4 Å². The van der Waals surface area contributed by atoms with E-state index in [-0.39, 0.29) is 0 Å². The molecule has 2 rings (SSSR count). The molecule has 0 spiro atoms.